The first-order chi connectivity index (χ1) is 6.24. The zero-order valence-corrected chi connectivity index (χ0v) is 10.2. The fourth-order valence-electron chi connectivity index (χ4n) is 1.66. The van der Waals surface area contributed by atoms with E-state index in [1.807, 2.05) is 11.4 Å². The lowest BCUT2D eigenvalue weighted by molar-refractivity contribution is 0.330. The van der Waals surface area contributed by atoms with E-state index in [9.17, 15) is 0 Å². The molecule has 1 atom stereocenters. The SMILES string of the molecule is Cl.N[C@@H]1CCN(Cc2cc(Cl)cs2)C1. The Morgan fingerprint density at radius 2 is 2.43 bits per heavy atom. The molecular formula is C9H14Cl2N2S. The van der Waals surface area contributed by atoms with Crippen LogP contribution in [-0.4, -0.2) is 24.0 Å². The van der Waals surface area contributed by atoms with Gasteiger partial charge in [-0.25, -0.2) is 0 Å². The summed E-state index contributed by atoms with van der Waals surface area (Å²) < 4.78 is 0. The molecule has 0 unspecified atom stereocenters. The molecule has 1 aromatic heterocycles. The summed E-state index contributed by atoms with van der Waals surface area (Å²) in [6.45, 7) is 3.15. The quantitative estimate of drug-likeness (QED) is 0.876. The van der Waals surface area contributed by atoms with Crippen molar-refractivity contribution in [3.05, 3.63) is 21.3 Å². The molecule has 2 N–H and O–H groups in total. The summed E-state index contributed by atoms with van der Waals surface area (Å²) in [6, 6.07) is 2.41. The van der Waals surface area contributed by atoms with E-state index in [1.54, 1.807) is 11.3 Å². The third kappa shape index (κ3) is 3.11. The maximum Gasteiger partial charge on any atom is 0.0516 e. The Kier molecular flexibility index (Phi) is 4.67. The number of hydrogen-bond donors (Lipinski definition) is 1. The average Bonchev–Trinajstić information content (AvgIpc) is 2.62. The molecular weight excluding hydrogens is 239 g/mol. The van der Waals surface area contributed by atoms with E-state index in [4.69, 9.17) is 17.3 Å². The zero-order chi connectivity index (χ0) is 9.26. The van der Waals surface area contributed by atoms with Gasteiger partial charge in [0.05, 0.1) is 5.02 Å². The Morgan fingerprint density at radius 1 is 1.64 bits per heavy atom. The fourth-order valence-corrected chi connectivity index (χ4v) is 2.78. The minimum Gasteiger partial charge on any atom is -0.326 e. The Hall–Kier alpha value is 0.200. The van der Waals surface area contributed by atoms with Gasteiger partial charge in [0.2, 0.25) is 0 Å². The highest BCUT2D eigenvalue weighted by atomic mass is 35.5. The Morgan fingerprint density at radius 3 is 2.93 bits per heavy atom. The molecule has 1 aliphatic rings. The monoisotopic (exact) mass is 252 g/mol. The van der Waals surface area contributed by atoms with E-state index < -0.39 is 0 Å². The number of hydrogen-bond acceptors (Lipinski definition) is 3. The molecule has 80 valence electrons. The summed E-state index contributed by atoms with van der Waals surface area (Å²) in [6.07, 6.45) is 1.12. The lowest BCUT2D eigenvalue weighted by atomic mass is 10.3. The van der Waals surface area contributed by atoms with Crippen molar-refractivity contribution in [2.24, 2.45) is 5.73 Å². The number of halogens is 2. The maximum absolute atomic E-state index is 5.84. The number of thiophene rings is 1. The van der Waals surface area contributed by atoms with Gasteiger partial charge < -0.3 is 5.73 Å². The van der Waals surface area contributed by atoms with Crippen LogP contribution < -0.4 is 5.73 Å². The highest BCUT2D eigenvalue weighted by Gasteiger charge is 2.19. The molecule has 14 heavy (non-hydrogen) atoms. The van der Waals surface area contributed by atoms with Crippen molar-refractivity contribution in [2.45, 2.75) is 19.0 Å². The van der Waals surface area contributed by atoms with Gasteiger partial charge in [-0.05, 0) is 12.5 Å². The number of nitrogens with zero attached hydrogens (tertiary/aromatic N) is 1. The number of rotatable bonds is 2. The summed E-state index contributed by atoms with van der Waals surface area (Å²) in [5.41, 5.74) is 5.82. The smallest absolute Gasteiger partial charge is 0.0516 e. The van der Waals surface area contributed by atoms with E-state index in [0.29, 0.717) is 6.04 Å². The van der Waals surface area contributed by atoms with Crippen molar-refractivity contribution in [1.29, 1.82) is 0 Å². The zero-order valence-electron chi connectivity index (χ0n) is 7.78. The van der Waals surface area contributed by atoms with E-state index in [0.717, 1.165) is 31.1 Å². The van der Waals surface area contributed by atoms with E-state index in [2.05, 4.69) is 4.90 Å². The van der Waals surface area contributed by atoms with Crippen LogP contribution in [0.3, 0.4) is 0 Å². The van der Waals surface area contributed by atoms with E-state index in [-0.39, 0.29) is 12.4 Å². The fraction of sp³-hybridized carbons (Fsp3) is 0.556. The van der Waals surface area contributed by atoms with Gasteiger partial charge in [-0.15, -0.1) is 23.7 Å². The van der Waals surface area contributed by atoms with Crippen LogP contribution in [0, 0.1) is 0 Å². The van der Waals surface area contributed by atoms with Crippen LogP contribution in [0.15, 0.2) is 11.4 Å². The standard InChI is InChI=1S/C9H13ClN2S.ClH/c10-7-3-9(13-6-7)5-12-2-1-8(11)4-12;/h3,6,8H,1-2,4-5,11H2;1H/t8-;/m1./s1. The molecule has 0 aliphatic carbocycles. The predicted octanol–water partition coefficient (Wildman–Crippen LogP) is 2.36. The first-order valence-corrected chi connectivity index (χ1v) is 5.70. The van der Waals surface area contributed by atoms with Crippen molar-refractivity contribution in [2.75, 3.05) is 13.1 Å². The molecule has 0 aromatic carbocycles. The van der Waals surface area contributed by atoms with Crippen molar-refractivity contribution in [3.63, 3.8) is 0 Å². The van der Waals surface area contributed by atoms with Crippen molar-refractivity contribution >= 4 is 35.3 Å². The molecule has 0 saturated carbocycles. The van der Waals surface area contributed by atoms with Crippen LogP contribution >= 0.6 is 35.3 Å². The second-order valence-electron chi connectivity index (χ2n) is 3.52. The first-order valence-electron chi connectivity index (χ1n) is 4.45. The lowest BCUT2D eigenvalue weighted by Crippen LogP contribution is -2.25. The highest BCUT2D eigenvalue weighted by Crippen LogP contribution is 2.21. The molecule has 0 amide bonds. The highest BCUT2D eigenvalue weighted by molar-refractivity contribution is 7.10. The van der Waals surface area contributed by atoms with Crippen molar-refractivity contribution in [1.82, 2.24) is 4.90 Å². The van der Waals surface area contributed by atoms with Crippen LogP contribution in [0.5, 0.6) is 0 Å². The molecule has 1 fully saturated rings. The molecule has 5 heteroatoms. The molecule has 1 aromatic rings. The maximum atomic E-state index is 5.84. The van der Waals surface area contributed by atoms with Crippen molar-refractivity contribution < 1.29 is 0 Å². The second kappa shape index (κ2) is 5.33. The van der Waals surface area contributed by atoms with Gasteiger partial charge in [-0.2, -0.15) is 0 Å². The first kappa shape index (κ1) is 12.3. The molecule has 2 nitrogen and oxygen atoms in total. The summed E-state index contributed by atoms with van der Waals surface area (Å²) in [5.74, 6) is 0. The third-order valence-corrected chi connectivity index (χ3v) is 3.58. The molecule has 2 rings (SSSR count). The van der Waals surface area contributed by atoms with E-state index in [1.165, 1.54) is 4.88 Å². The van der Waals surface area contributed by atoms with Gasteiger partial charge >= 0.3 is 0 Å². The summed E-state index contributed by atoms with van der Waals surface area (Å²) in [4.78, 5) is 3.71. The molecule has 1 aliphatic heterocycles. The van der Waals surface area contributed by atoms with Gasteiger partial charge in [0, 0.05) is 35.9 Å². The summed E-state index contributed by atoms with van der Waals surface area (Å²) in [5, 5.41) is 2.83. The molecule has 0 radical (unpaired) electrons. The minimum absolute atomic E-state index is 0. The molecule has 2 heterocycles. The second-order valence-corrected chi connectivity index (χ2v) is 4.95. The normalized spacial score (nSPS) is 22.3. The van der Waals surface area contributed by atoms with Crippen molar-refractivity contribution in [3.8, 4) is 0 Å². The van der Waals surface area contributed by atoms with Crippen LogP contribution in [0.4, 0.5) is 0 Å². The van der Waals surface area contributed by atoms with Gasteiger partial charge in [0.1, 0.15) is 0 Å². The lowest BCUT2D eigenvalue weighted by Gasteiger charge is -2.12. The summed E-state index contributed by atoms with van der Waals surface area (Å²) >= 11 is 7.56. The van der Waals surface area contributed by atoms with E-state index >= 15 is 0 Å². The van der Waals surface area contributed by atoms with Crippen LogP contribution in [0.2, 0.25) is 5.02 Å². The largest absolute Gasteiger partial charge is 0.326 e. The average molecular weight is 253 g/mol. The number of likely N-dealkylation sites (tertiary alicyclic amines) is 1. The predicted molar refractivity (Wildman–Crippen MR) is 64.4 cm³/mol. The van der Waals surface area contributed by atoms with Crippen LogP contribution in [0.25, 0.3) is 0 Å². The Balaban J connectivity index is 0.000000980. The van der Waals surface area contributed by atoms with Crippen LogP contribution in [0.1, 0.15) is 11.3 Å². The molecule has 0 bridgehead atoms. The number of nitrogens with two attached hydrogens (primary N) is 1. The topological polar surface area (TPSA) is 29.3 Å². The van der Waals surface area contributed by atoms with Gasteiger partial charge in [0.25, 0.3) is 0 Å². The third-order valence-electron chi connectivity index (χ3n) is 2.31. The Bertz CT molecular complexity index is 290. The molecule has 0 spiro atoms. The van der Waals surface area contributed by atoms with Gasteiger partial charge in [-0.3, -0.25) is 4.90 Å². The van der Waals surface area contributed by atoms with Gasteiger partial charge in [0.15, 0.2) is 0 Å². The van der Waals surface area contributed by atoms with Gasteiger partial charge in [-0.1, -0.05) is 11.6 Å². The van der Waals surface area contributed by atoms with Crippen LogP contribution in [-0.2, 0) is 6.54 Å². The summed E-state index contributed by atoms with van der Waals surface area (Å²) in [7, 11) is 0. The molecule has 1 saturated heterocycles. The Labute approximate surface area is 99.4 Å². The minimum atomic E-state index is 0.